The first-order valence-corrected chi connectivity index (χ1v) is 27.0. The van der Waals surface area contributed by atoms with Crippen molar-refractivity contribution >= 4 is 68.5 Å². The van der Waals surface area contributed by atoms with Gasteiger partial charge in [-0.05, 0) is 90.9 Å². The fraction of sp³-hybridized carbons (Fsp3) is 0.143. The summed E-state index contributed by atoms with van der Waals surface area (Å²) < 4.78 is 84.3. The molecule has 0 saturated heterocycles. The molecule has 78 heavy (non-hydrogen) atoms. The predicted octanol–water partition coefficient (Wildman–Crippen LogP) is 10.2. The van der Waals surface area contributed by atoms with Crippen LogP contribution in [0.4, 0.5) is 50.2 Å². The highest BCUT2D eigenvalue weighted by molar-refractivity contribution is 7.98. The zero-order valence-electron chi connectivity index (χ0n) is 42.0. The number of aromatic nitrogens is 4. The van der Waals surface area contributed by atoms with E-state index in [1.807, 2.05) is 73.7 Å². The summed E-state index contributed by atoms with van der Waals surface area (Å²) in [7, 11) is -4.04. The Morgan fingerprint density at radius 2 is 0.987 bits per heavy atom. The summed E-state index contributed by atoms with van der Waals surface area (Å²) >= 11 is 1.23. The van der Waals surface area contributed by atoms with Gasteiger partial charge < -0.3 is 21.3 Å². The lowest BCUT2D eigenvalue weighted by atomic mass is 9.97. The Morgan fingerprint density at radius 1 is 0.577 bits per heavy atom. The third kappa shape index (κ3) is 11.3. The van der Waals surface area contributed by atoms with E-state index in [1.54, 1.807) is 43.5 Å². The number of hydrogen-bond donors (Lipinski definition) is 4. The molecule has 2 aliphatic rings. The molecule has 4 heterocycles. The van der Waals surface area contributed by atoms with Crippen molar-refractivity contribution < 1.29 is 45.2 Å². The van der Waals surface area contributed by atoms with Crippen LogP contribution in [0.25, 0.3) is 22.5 Å². The van der Waals surface area contributed by atoms with Crippen LogP contribution in [0.2, 0.25) is 0 Å². The van der Waals surface area contributed by atoms with E-state index in [0.717, 1.165) is 58.2 Å². The number of anilines is 4. The summed E-state index contributed by atoms with van der Waals surface area (Å²) in [6, 6.07) is 33.9. The predicted molar refractivity (Wildman–Crippen MR) is 286 cm³/mol. The summed E-state index contributed by atoms with van der Waals surface area (Å²) in [5.41, 5.74) is 5.13. The number of carbonyl (C=O) groups excluding carboxylic acids is 4. The minimum Gasteiger partial charge on any atom is -0.348 e. The van der Waals surface area contributed by atoms with Gasteiger partial charge in [-0.25, -0.2) is 60.3 Å². The van der Waals surface area contributed by atoms with Gasteiger partial charge in [-0.15, -0.1) is 0 Å². The van der Waals surface area contributed by atoms with Crippen molar-refractivity contribution in [2.24, 2.45) is 0 Å². The largest absolute Gasteiger partial charge is 0.348 e. The number of hydrogen-bond acceptors (Lipinski definition) is 11. The summed E-state index contributed by atoms with van der Waals surface area (Å²) in [6.45, 7) is 4.19. The molecule has 0 fully saturated rings. The highest BCUT2D eigenvalue weighted by Crippen LogP contribution is 2.41. The summed E-state index contributed by atoms with van der Waals surface area (Å²) in [5.74, 6) is -4.71. The summed E-state index contributed by atoms with van der Waals surface area (Å²) in [5, 5.41) is 10.7. The number of amides is 6. The number of sulfone groups is 1. The maximum Gasteiger partial charge on any atom is 0.328 e. The minimum atomic E-state index is -4.04. The SMILES string of the molecule is CSc1nc(-c2cc(C(=O)NCc3ccccc3)ccc2C)c2c(n1)N(c1c(F)cccc1F)C(=O)NC2.Cc1ccc(C(=O)NCc2ccccc2)cc1-c1nc(S(C)(=O)=O)nc2c1CNC(=O)N2c1c(F)cccc1F. The number of fused-ring (bicyclic) bond motifs is 2. The lowest BCUT2D eigenvalue weighted by Crippen LogP contribution is -2.43. The van der Waals surface area contributed by atoms with E-state index in [0.29, 0.717) is 56.7 Å². The van der Waals surface area contributed by atoms with Crippen LogP contribution >= 0.6 is 11.8 Å². The number of halogens is 4. The molecule has 4 N–H and O–H groups in total. The highest BCUT2D eigenvalue weighted by Gasteiger charge is 2.37. The Balaban J connectivity index is 0.000000190. The average molecular weight is 1100 g/mol. The van der Waals surface area contributed by atoms with Crippen LogP contribution in [-0.4, -0.2) is 64.7 Å². The number of carbonyl (C=O) groups is 4. The van der Waals surface area contributed by atoms with Gasteiger partial charge in [0.1, 0.15) is 34.6 Å². The van der Waals surface area contributed by atoms with Crippen molar-refractivity contribution in [2.45, 2.75) is 50.3 Å². The molecule has 6 amide bonds. The summed E-state index contributed by atoms with van der Waals surface area (Å²) in [6.07, 6.45) is 2.65. The van der Waals surface area contributed by atoms with Crippen LogP contribution in [-0.2, 0) is 36.0 Å². The number of rotatable bonds is 12. The molecule has 396 valence electrons. The van der Waals surface area contributed by atoms with Gasteiger partial charge in [-0.1, -0.05) is 96.7 Å². The molecule has 2 aliphatic heterocycles. The fourth-order valence-electron chi connectivity index (χ4n) is 8.60. The van der Waals surface area contributed by atoms with E-state index >= 15 is 0 Å². The first-order valence-electron chi connectivity index (χ1n) is 23.9. The van der Waals surface area contributed by atoms with Crippen molar-refractivity contribution in [3.63, 3.8) is 0 Å². The van der Waals surface area contributed by atoms with Crippen molar-refractivity contribution in [3.05, 3.63) is 201 Å². The van der Waals surface area contributed by atoms with Crippen LogP contribution in [0, 0.1) is 37.1 Å². The summed E-state index contributed by atoms with van der Waals surface area (Å²) in [4.78, 5) is 70.8. The Bertz CT molecular complexity index is 3760. The maximum atomic E-state index is 14.8. The van der Waals surface area contributed by atoms with Crippen molar-refractivity contribution in [3.8, 4) is 22.5 Å². The molecule has 2 aromatic heterocycles. The van der Waals surface area contributed by atoms with Crippen molar-refractivity contribution in [2.75, 3.05) is 22.3 Å². The van der Waals surface area contributed by atoms with Gasteiger partial charge in [0.25, 0.3) is 11.8 Å². The van der Waals surface area contributed by atoms with Gasteiger partial charge >= 0.3 is 12.1 Å². The lowest BCUT2D eigenvalue weighted by Gasteiger charge is -2.30. The minimum absolute atomic E-state index is 0.0502. The Morgan fingerprint density at radius 3 is 1.40 bits per heavy atom. The van der Waals surface area contributed by atoms with E-state index in [4.69, 9.17) is 0 Å². The lowest BCUT2D eigenvalue weighted by molar-refractivity contribution is 0.0943. The number of thioether (sulfide) groups is 1. The molecule has 0 saturated carbocycles. The second-order valence-corrected chi connectivity index (χ2v) is 20.5. The first-order chi connectivity index (χ1) is 37.4. The van der Waals surface area contributed by atoms with Gasteiger partial charge in [0, 0.05) is 52.7 Å². The second-order valence-electron chi connectivity index (χ2n) is 17.8. The van der Waals surface area contributed by atoms with Gasteiger partial charge in [-0.2, -0.15) is 4.98 Å². The van der Waals surface area contributed by atoms with Gasteiger partial charge in [0.15, 0.2) is 16.8 Å². The number of benzene rings is 6. The number of aryl methyl sites for hydroxylation is 2. The van der Waals surface area contributed by atoms with Crippen LogP contribution in [0.5, 0.6) is 0 Å². The van der Waals surface area contributed by atoms with E-state index in [-0.39, 0.29) is 53.4 Å². The molecule has 0 atom stereocenters. The quantitative estimate of drug-likeness (QED) is 0.0514. The molecule has 16 nitrogen and oxygen atoms in total. The van der Waals surface area contributed by atoms with Crippen LogP contribution in [0.1, 0.15) is 54.1 Å². The van der Waals surface area contributed by atoms with Gasteiger partial charge in [-0.3, -0.25) is 9.59 Å². The molecule has 22 heteroatoms. The maximum absolute atomic E-state index is 14.8. The number of nitrogens with zero attached hydrogens (tertiary/aromatic N) is 6. The zero-order chi connectivity index (χ0) is 55.4. The average Bonchev–Trinajstić information content (AvgIpc) is 3.46. The van der Waals surface area contributed by atoms with Gasteiger partial charge in [0.05, 0.1) is 24.5 Å². The van der Waals surface area contributed by atoms with E-state index in [9.17, 15) is 45.2 Å². The van der Waals surface area contributed by atoms with Gasteiger partial charge in [0.2, 0.25) is 15.0 Å². The van der Waals surface area contributed by atoms with Crippen molar-refractivity contribution in [1.82, 2.24) is 41.2 Å². The molecule has 0 radical (unpaired) electrons. The Labute approximate surface area is 449 Å². The second kappa shape index (κ2) is 22.7. The fourth-order valence-corrected chi connectivity index (χ4v) is 9.47. The first kappa shape index (κ1) is 53.8. The highest BCUT2D eigenvalue weighted by atomic mass is 32.2. The molecule has 8 aromatic rings. The van der Waals surface area contributed by atoms with Crippen molar-refractivity contribution in [1.29, 1.82) is 0 Å². The molecule has 0 aliphatic carbocycles. The number of nitrogens with one attached hydrogen (secondary N) is 4. The molecular formula is C56H46F4N10O6S2. The number of para-hydroxylation sites is 2. The third-order valence-corrected chi connectivity index (χ3v) is 13.9. The van der Waals surface area contributed by atoms with E-state index in [1.165, 1.54) is 17.8 Å². The molecular weight excluding hydrogens is 1050 g/mol. The van der Waals surface area contributed by atoms with E-state index < -0.39 is 61.7 Å². The van der Waals surface area contributed by atoms with Crippen LogP contribution in [0.3, 0.4) is 0 Å². The zero-order valence-corrected chi connectivity index (χ0v) is 43.6. The molecule has 10 rings (SSSR count). The van der Waals surface area contributed by atoms with E-state index in [2.05, 4.69) is 41.2 Å². The standard InChI is InChI=1S/C28H23F2N5O4S.C28H23F2N5O2S/c1-16-11-12-18(26(36)31-14-17-7-4-3-5-8-17)13-19(16)23-20-15-32-28(37)35(24-21(29)9-6-10-22(24)30)25(20)34-27(33-23)40(2,38)39;1-16-11-12-18(26(36)31-14-17-7-4-3-5-8-17)13-19(16)23-20-15-32-28(37)35(25(20)34-27(33-23)38-2)24-21(29)9-6-10-22(24)30/h3-13H,14-15H2,1-2H3,(H,31,36)(H,32,37);3-13H,14-15H2,1-2H3,(H,31,36)(H,32,37). The topological polar surface area (TPSA) is 209 Å². The molecule has 6 aromatic carbocycles. The Hall–Kier alpha value is -9.02. The third-order valence-electron chi connectivity index (χ3n) is 12.5. The molecule has 0 bridgehead atoms. The normalized spacial score (nSPS) is 12.8. The number of urea groups is 2. The van der Waals surface area contributed by atoms with Crippen LogP contribution < -0.4 is 31.1 Å². The molecule has 0 spiro atoms. The molecule has 0 unspecified atom stereocenters. The smallest absolute Gasteiger partial charge is 0.328 e. The Kier molecular flexibility index (Phi) is 15.6. The monoisotopic (exact) mass is 1090 g/mol. The van der Waals surface area contributed by atoms with Crippen LogP contribution in [0.15, 0.2) is 144 Å².